The van der Waals surface area contributed by atoms with Crippen LogP contribution in [0.1, 0.15) is 28.8 Å². The maximum atomic E-state index is 13.1. The van der Waals surface area contributed by atoms with Gasteiger partial charge in [-0.2, -0.15) is 24.5 Å². The molecular weight excluding hydrogens is 339 g/mol. The number of amides is 1. The lowest BCUT2D eigenvalue weighted by Crippen LogP contribution is -2.45. The van der Waals surface area contributed by atoms with E-state index in [4.69, 9.17) is 0 Å². The number of carbonyl (C=O) groups is 1. The zero-order valence-corrected chi connectivity index (χ0v) is 13.5. The number of thiophene rings is 1. The van der Waals surface area contributed by atoms with Crippen molar-refractivity contribution in [3.63, 3.8) is 0 Å². The van der Waals surface area contributed by atoms with Crippen LogP contribution in [0.3, 0.4) is 0 Å². The molecule has 1 N–H and O–H groups in total. The molecular formula is C16H16F3N3OS. The van der Waals surface area contributed by atoms with Crippen LogP contribution < -0.4 is 10.2 Å². The van der Waals surface area contributed by atoms with Gasteiger partial charge in [-0.05, 0) is 36.4 Å². The fourth-order valence-corrected chi connectivity index (χ4v) is 3.40. The Bertz CT molecular complexity index is 695. The van der Waals surface area contributed by atoms with Gasteiger partial charge in [0.2, 0.25) is 0 Å². The summed E-state index contributed by atoms with van der Waals surface area (Å²) in [4.78, 5) is 17.6. The summed E-state index contributed by atoms with van der Waals surface area (Å²) in [6, 6.07) is 4.05. The van der Waals surface area contributed by atoms with Gasteiger partial charge in [0.15, 0.2) is 0 Å². The van der Waals surface area contributed by atoms with E-state index < -0.39 is 11.7 Å². The Morgan fingerprint density at radius 2 is 2.04 bits per heavy atom. The summed E-state index contributed by atoms with van der Waals surface area (Å²) in [6.45, 7) is 0.851. The molecule has 0 atom stereocenters. The molecule has 1 fully saturated rings. The van der Waals surface area contributed by atoms with Gasteiger partial charge in [0.1, 0.15) is 5.82 Å². The van der Waals surface area contributed by atoms with Crippen LogP contribution in [0.4, 0.5) is 19.0 Å². The number of piperidine rings is 1. The first-order valence-electron chi connectivity index (χ1n) is 7.55. The third-order valence-electron chi connectivity index (χ3n) is 4.01. The van der Waals surface area contributed by atoms with Crippen molar-refractivity contribution in [3.8, 4) is 0 Å². The fourth-order valence-electron chi connectivity index (χ4n) is 2.77. The molecule has 24 heavy (non-hydrogen) atoms. The first-order valence-corrected chi connectivity index (χ1v) is 8.49. The van der Waals surface area contributed by atoms with Gasteiger partial charge in [0.05, 0.1) is 5.56 Å². The maximum absolute atomic E-state index is 13.1. The Hall–Kier alpha value is -2.09. The highest BCUT2D eigenvalue weighted by Gasteiger charge is 2.36. The second kappa shape index (κ2) is 6.80. The number of aromatic nitrogens is 1. The van der Waals surface area contributed by atoms with Gasteiger partial charge in [0, 0.05) is 36.3 Å². The number of anilines is 1. The summed E-state index contributed by atoms with van der Waals surface area (Å²) in [6.07, 6.45) is -1.88. The van der Waals surface area contributed by atoms with E-state index in [0.717, 1.165) is 6.07 Å². The Kier molecular flexibility index (Phi) is 4.75. The Balaban J connectivity index is 1.63. The molecule has 4 nitrogen and oxygen atoms in total. The Morgan fingerprint density at radius 1 is 1.29 bits per heavy atom. The molecule has 3 rings (SSSR count). The van der Waals surface area contributed by atoms with Crippen LogP contribution in [0.5, 0.6) is 0 Å². The van der Waals surface area contributed by atoms with Crippen molar-refractivity contribution in [2.24, 2.45) is 0 Å². The molecule has 0 aliphatic carbocycles. The van der Waals surface area contributed by atoms with Gasteiger partial charge in [-0.3, -0.25) is 4.79 Å². The lowest BCUT2D eigenvalue weighted by atomic mass is 10.0. The van der Waals surface area contributed by atoms with E-state index in [1.807, 2.05) is 5.38 Å². The van der Waals surface area contributed by atoms with Gasteiger partial charge in [-0.15, -0.1) is 0 Å². The summed E-state index contributed by atoms with van der Waals surface area (Å²) in [7, 11) is 0. The SMILES string of the molecule is O=C(NC1CCN(c2ncccc2C(F)(F)F)CC1)c1ccsc1. The molecule has 1 saturated heterocycles. The number of alkyl halides is 3. The van der Waals surface area contributed by atoms with Crippen LogP contribution in [0.2, 0.25) is 0 Å². The molecule has 0 radical (unpaired) electrons. The van der Waals surface area contributed by atoms with Gasteiger partial charge in [-0.25, -0.2) is 4.98 Å². The van der Waals surface area contributed by atoms with E-state index in [9.17, 15) is 18.0 Å². The third-order valence-corrected chi connectivity index (χ3v) is 4.69. The van der Waals surface area contributed by atoms with Crippen LogP contribution in [0.25, 0.3) is 0 Å². The minimum Gasteiger partial charge on any atom is -0.356 e. The molecule has 2 aromatic rings. The van der Waals surface area contributed by atoms with Gasteiger partial charge in [0.25, 0.3) is 5.91 Å². The first-order chi connectivity index (χ1) is 11.4. The number of carbonyl (C=O) groups excluding carboxylic acids is 1. The first kappa shape index (κ1) is 16.8. The van der Waals surface area contributed by atoms with Gasteiger partial charge >= 0.3 is 6.18 Å². The van der Waals surface area contributed by atoms with Crippen LogP contribution >= 0.6 is 11.3 Å². The zero-order chi connectivity index (χ0) is 17.2. The van der Waals surface area contributed by atoms with E-state index in [1.54, 1.807) is 16.3 Å². The largest absolute Gasteiger partial charge is 0.419 e. The molecule has 3 heterocycles. The molecule has 1 aliphatic heterocycles. The number of nitrogens with one attached hydrogen (secondary N) is 1. The minimum atomic E-state index is -4.42. The summed E-state index contributed by atoms with van der Waals surface area (Å²) in [5, 5.41) is 6.54. The minimum absolute atomic E-state index is 0.0346. The van der Waals surface area contributed by atoms with E-state index >= 15 is 0 Å². The molecule has 8 heteroatoms. The molecule has 0 bridgehead atoms. The number of nitrogens with zero attached hydrogens (tertiary/aromatic N) is 2. The van der Waals surface area contributed by atoms with Crippen LogP contribution in [0.15, 0.2) is 35.2 Å². The molecule has 1 amide bonds. The highest BCUT2D eigenvalue weighted by molar-refractivity contribution is 7.08. The van der Waals surface area contributed by atoms with Crippen molar-refractivity contribution in [2.45, 2.75) is 25.1 Å². The summed E-state index contributed by atoms with van der Waals surface area (Å²) in [5.41, 5.74) is -0.0997. The van der Waals surface area contributed by atoms with E-state index in [-0.39, 0.29) is 17.8 Å². The molecule has 0 unspecified atom stereocenters. The Morgan fingerprint density at radius 3 is 2.67 bits per heavy atom. The molecule has 2 aromatic heterocycles. The lowest BCUT2D eigenvalue weighted by Gasteiger charge is -2.34. The fraction of sp³-hybridized carbons (Fsp3) is 0.375. The maximum Gasteiger partial charge on any atom is 0.419 e. The summed E-state index contributed by atoms with van der Waals surface area (Å²) in [5.74, 6) is -0.170. The van der Waals surface area contributed by atoms with Crippen molar-refractivity contribution in [1.29, 1.82) is 0 Å². The topological polar surface area (TPSA) is 45.2 Å². The summed E-state index contributed by atoms with van der Waals surface area (Å²) >= 11 is 1.45. The molecule has 128 valence electrons. The van der Waals surface area contributed by atoms with Crippen LogP contribution in [0, 0.1) is 0 Å². The highest BCUT2D eigenvalue weighted by atomic mass is 32.1. The number of pyridine rings is 1. The monoisotopic (exact) mass is 355 g/mol. The number of halogens is 3. The predicted octanol–water partition coefficient (Wildman–Crippen LogP) is 3.56. The number of rotatable bonds is 3. The van der Waals surface area contributed by atoms with Gasteiger partial charge < -0.3 is 10.2 Å². The number of hydrogen-bond donors (Lipinski definition) is 1. The van der Waals surface area contributed by atoms with Crippen molar-refractivity contribution >= 4 is 23.1 Å². The zero-order valence-electron chi connectivity index (χ0n) is 12.7. The van der Waals surface area contributed by atoms with E-state index in [0.29, 0.717) is 31.5 Å². The number of hydrogen-bond acceptors (Lipinski definition) is 4. The average molecular weight is 355 g/mol. The molecule has 0 aromatic carbocycles. The van der Waals surface area contributed by atoms with E-state index in [1.165, 1.54) is 23.6 Å². The molecule has 0 spiro atoms. The molecule has 1 aliphatic rings. The summed E-state index contributed by atoms with van der Waals surface area (Å²) < 4.78 is 39.3. The quantitative estimate of drug-likeness (QED) is 0.916. The standard InChI is InChI=1S/C16H16F3N3OS/c17-16(18,19)13-2-1-6-20-14(13)22-7-3-12(4-8-22)21-15(23)11-5-9-24-10-11/h1-2,5-6,9-10,12H,3-4,7-8H2,(H,21,23). The Labute approximate surface area is 141 Å². The predicted molar refractivity (Wildman–Crippen MR) is 86.3 cm³/mol. The average Bonchev–Trinajstić information content (AvgIpc) is 3.09. The van der Waals surface area contributed by atoms with Crippen LogP contribution in [-0.2, 0) is 6.18 Å². The second-order valence-corrected chi connectivity index (χ2v) is 6.40. The third kappa shape index (κ3) is 3.69. The van der Waals surface area contributed by atoms with Crippen molar-refractivity contribution in [2.75, 3.05) is 18.0 Å². The second-order valence-electron chi connectivity index (χ2n) is 5.62. The van der Waals surface area contributed by atoms with Crippen molar-refractivity contribution < 1.29 is 18.0 Å². The van der Waals surface area contributed by atoms with Crippen LogP contribution in [-0.4, -0.2) is 30.0 Å². The normalized spacial score (nSPS) is 16.2. The highest BCUT2D eigenvalue weighted by Crippen LogP contribution is 2.35. The van der Waals surface area contributed by atoms with Crippen molar-refractivity contribution in [3.05, 3.63) is 46.3 Å². The smallest absolute Gasteiger partial charge is 0.356 e. The lowest BCUT2D eigenvalue weighted by molar-refractivity contribution is -0.137. The van der Waals surface area contributed by atoms with Crippen molar-refractivity contribution in [1.82, 2.24) is 10.3 Å². The molecule has 0 saturated carbocycles. The van der Waals surface area contributed by atoms with Gasteiger partial charge in [-0.1, -0.05) is 0 Å². The van der Waals surface area contributed by atoms with E-state index in [2.05, 4.69) is 10.3 Å².